The average molecular weight is 222 g/mol. The van der Waals surface area contributed by atoms with E-state index >= 15 is 0 Å². The monoisotopic (exact) mass is 222 g/mol. The Morgan fingerprint density at radius 2 is 0.688 bits per heavy atom. The van der Waals surface area contributed by atoms with Crippen molar-refractivity contribution < 1.29 is 0 Å². The van der Waals surface area contributed by atoms with Crippen LogP contribution in [-0.4, -0.2) is 48.1 Å². The van der Waals surface area contributed by atoms with Gasteiger partial charge in [-0.2, -0.15) is 0 Å². The summed E-state index contributed by atoms with van der Waals surface area (Å²) < 4.78 is 0. The van der Waals surface area contributed by atoms with Crippen molar-refractivity contribution >= 4 is 0 Å². The number of fused-ring (bicyclic) bond motifs is 4. The van der Waals surface area contributed by atoms with Crippen molar-refractivity contribution in [3.8, 4) is 0 Å². The van der Waals surface area contributed by atoms with Crippen LogP contribution in [0.4, 0.5) is 0 Å². The maximum Gasteiger partial charge on any atom is 0.00963 e. The third-order valence-electron chi connectivity index (χ3n) is 5.64. The van der Waals surface area contributed by atoms with Crippen LogP contribution in [0.5, 0.6) is 0 Å². The molecule has 0 unspecified atom stereocenters. The van der Waals surface area contributed by atoms with Crippen LogP contribution in [0.25, 0.3) is 0 Å². The van der Waals surface area contributed by atoms with Gasteiger partial charge in [0.25, 0.3) is 0 Å². The van der Waals surface area contributed by atoms with E-state index in [0.717, 1.165) is 24.2 Å². The first kappa shape index (κ1) is 11.0. The Morgan fingerprint density at radius 3 is 0.750 bits per heavy atom. The molecule has 0 N–H and O–H groups in total. The van der Waals surface area contributed by atoms with E-state index in [1.807, 2.05) is 0 Å². The van der Waals surface area contributed by atoms with Gasteiger partial charge in [-0.05, 0) is 65.5 Å². The molecule has 4 heterocycles. The molecule has 4 aliphatic heterocycles. The Bertz CT molecular complexity index is 187. The molecule has 0 aromatic carbocycles. The molecule has 0 saturated carbocycles. The Labute approximate surface area is 100.0 Å². The molecule has 92 valence electrons. The number of nitrogens with zero attached hydrogens (tertiary/aromatic N) is 2. The predicted octanol–water partition coefficient (Wildman–Crippen LogP) is 2.49. The van der Waals surface area contributed by atoms with Crippen LogP contribution in [-0.2, 0) is 0 Å². The molecule has 4 aliphatic rings. The van der Waals surface area contributed by atoms with Crippen molar-refractivity contribution in [3.63, 3.8) is 0 Å². The van der Waals surface area contributed by atoms with Gasteiger partial charge in [0.05, 0.1) is 0 Å². The van der Waals surface area contributed by atoms with Crippen molar-refractivity contribution in [1.29, 1.82) is 0 Å². The van der Waals surface area contributed by atoms with E-state index < -0.39 is 0 Å². The van der Waals surface area contributed by atoms with E-state index in [1.165, 1.54) is 51.4 Å². The number of rotatable bonds is 0. The lowest BCUT2D eigenvalue weighted by Gasteiger charge is -2.12. The highest BCUT2D eigenvalue weighted by molar-refractivity contribution is 4.93. The maximum absolute atomic E-state index is 2.56. The molecular formula is C14H26N2. The summed E-state index contributed by atoms with van der Waals surface area (Å²) >= 11 is 0. The Hall–Kier alpha value is -0.0800. The largest absolute Gasteiger partial charge is 0.300 e. The van der Waals surface area contributed by atoms with Crippen molar-refractivity contribution in [2.75, 3.05) is 14.1 Å². The SMILES string of the molecule is CN1C2CCC1CC2.CN1C2CCC1CC2. The first-order chi connectivity index (χ1) is 7.75. The van der Waals surface area contributed by atoms with Gasteiger partial charge in [0.15, 0.2) is 0 Å². The fourth-order valence-corrected chi connectivity index (χ4v) is 4.34. The molecule has 4 rings (SSSR count). The fourth-order valence-electron chi connectivity index (χ4n) is 4.34. The highest BCUT2D eigenvalue weighted by Crippen LogP contribution is 2.36. The summed E-state index contributed by atoms with van der Waals surface area (Å²) in [5.74, 6) is 0. The third kappa shape index (κ3) is 1.80. The Morgan fingerprint density at radius 1 is 0.500 bits per heavy atom. The molecule has 4 fully saturated rings. The summed E-state index contributed by atoms with van der Waals surface area (Å²) in [6, 6.07) is 3.89. The van der Waals surface area contributed by atoms with Crippen LogP contribution in [0, 0.1) is 0 Å². The van der Waals surface area contributed by atoms with Gasteiger partial charge in [-0.25, -0.2) is 0 Å². The number of hydrogen-bond donors (Lipinski definition) is 0. The lowest BCUT2D eigenvalue weighted by Crippen LogP contribution is -2.22. The van der Waals surface area contributed by atoms with Crippen LogP contribution >= 0.6 is 0 Å². The Balaban J connectivity index is 0.000000101. The van der Waals surface area contributed by atoms with Gasteiger partial charge in [0.1, 0.15) is 0 Å². The normalized spacial score (nSPS) is 46.1. The highest BCUT2D eigenvalue weighted by atomic mass is 15.2. The second-order valence-corrected chi connectivity index (χ2v) is 6.26. The molecule has 2 heteroatoms. The summed E-state index contributed by atoms with van der Waals surface area (Å²) in [6.07, 6.45) is 11.8. The zero-order valence-corrected chi connectivity index (χ0v) is 10.9. The van der Waals surface area contributed by atoms with Crippen LogP contribution in [0.15, 0.2) is 0 Å². The quantitative estimate of drug-likeness (QED) is 0.621. The van der Waals surface area contributed by atoms with Gasteiger partial charge in [-0.3, -0.25) is 0 Å². The van der Waals surface area contributed by atoms with Crippen LogP contribution in [0.3, 0.4) is 0 Å². The molecule has 0 radical (unpaired) electrons. The summed E-state index contributed by atoms with van der Waals surface area (Å²) in [5.41, 5.74) is 0. The fraction of sp³-hybridized carbons (Fsp3) is 1.00. The van der Waals surface area contributed by atoms with E-state index in [-0.39, 0.29) is 0 Å². The molecule has 4 saturated heterocycles. The zero-order chi connectivity index (χ0) is 11.1. The third-order valence-corrected chi connectivity index (χ3v) is 5.64. The standard InChI is InChI=1S/2C7H13N/c2*1-8-6-2-3-7(8)5-4-6/h2*6-7H,2-5H2,1H3. The van der Waals surface area contributed by atoms with Crippen molar-refractivity contribution in [3.05, 3.63) is 0 Å². The molecule has 0 atom stereocenters. The lowest BCUT2D eigenvalue weighted by atomic mass is 10.0. The molecule has 0 aliphatic carbocycles. The van der Waals surface area contributed by atoms with Crippen LogP contribution in [0.2, 0.25) is 0 Å². The van der Waals surface area contributed by atoms with Gasteiger partial charge in [-0.15, -0.1) is 0 Å². The topological polar surface area (TPSA) is 6.48 Å². The van der Waals surface area contributed by atoms with Gasteiger partial charge in [-0.1, -0.05) is 0 Å². The minimum atomic E-state index is 0.972. The maximum atomic E-state index is 2.56. The summed E-state index contributed by atoms with van der Waals surface area (Å²) in [6.45, 7) is 0. The van der Waals surface area contributed by atoms with Gasteiger partial charge in [0.2, 0.25) is 0 Å². The second kappa shape index (κ2) is 4.30. The van der Waals surface area contributed by atoms with Crippen molar-refractivity contribution in [1.82, 2.24) is 9.80 Å². The van der Waals surface area contributed by atoms with Gasteiger partial charge < -0.3 is 9.80 Å². The zero-order valence-electron chi connectivity index (χ0n) is 10.9. The minimum Gasteiger partial charge on any atom is -0.300 e. The molecule has 2 nitrogen and oxygen atoms in total. The van der Waals surface area contributed by atoms with E-state index in [9.17, 15) is 0 Å². The van der Waals surface area contributed by atoms with Gasteiger partial charge >= 0.3 is 0 Å². The average Bonchev–Trinajstić information content (AvgIpc) is 3.06. The van der Waals surface area contributed by atoms with E-state index in [1.54, 1.807) is 0 Å². The van der Waals surface area contributed by atoms with Crippen LogP contribution in [0.1, 0.15) is 51.4 Å². The van der Waals surface area contributed by atoms with Crippen molar-refractivity contribution in [2.45, 2.75) is 75.5 Å². The molecule has 0 aromatic heterocycles. The molecule has 0 spiro atoms. The summed E-state index contributed by atoms with van der Waals surface area (Å²) in [5, 5.41) is 0. The highest BCUT2D eigenvalue weighted by Gasteiger charge is 2.36. The first-order valence-electron chi connectivity index (χ1n) is 7.19. The lowest BCUT2D eigenvalue weighted by molar-refractivity contribution is 0.314. The summed E-state index contributed by atoms with van der Waals surface area (Å²) in [7, 11) is 4.55. The van der Waals surface area contributed by atoms with Crippen LogP contribution < -0.4 is 0 Å². The molecule has 0 aromatic rings. The number of hydrogen-bond acceptors (Lipinski definition) is 2. The molecule has 16 heavy (non-hydrogen) atoms. The van der Waals surface area contributed by atoms with E-state index in [0.29, 0.717) is 0 Å². The smallest absolute Gasteiger partial charge is 0.00963 e. The first-order valence-corrected chi connectivity index (χ1v) is 7.19. The molecular weight excluding hydrogens is 196 g/mol. The minimum absolute atomic E-state index is 0.972. The molecule has 4 bridgehead atoms. The Kier molecular flexibility index (Phi) is 2.97. The second-order valence-electron chi connectivity index (χ2n) is 6.26. The van der Waals surface area contributed by atoms with Crippen molar-refractivity contribution in [2.24, 2.45) is 0 Å². The molecule has 0 amide bonds. The summed E-state index contributed by atoms with van der Waals surface area (Å²) in [4.78, 5) is 5.11. The van der Waals surface area contributed by atoms with E-state index in [4.69, 9.17) is 0 Å². The van der Waals surface area contributed by atoms with Gasteiger partial charge in [0, 0.05) is 24.2 Å². The predicted molar refractivity (Wildman–Crippen MR) is 67.6 cm³/mol. The van der Waals surface area contributed by atoms with E-state index in [2.05, 4.69) is 23.9 Å².